The fourth-order valence-corrected chi connectivity index (χ4v) is 4.71. The van der Waals surface area contributed by atoms with Crippen molar-refractivity contribution >= 4 is 23.2 Å². The number of carbonyl (C=O) groups is 2. The number of hydrogen-bond donors (Lipinski definition) is 0. The van der Waals surface area contributed by atoms with E-state index in [4.69, 9.17) is 9.47 Å². The molecule has 0 saturated heterocycles. The van der Waals surface area contributed by atoms with E-state index in [1.54, 1.807) is 16.2 Å². The number of nitrogens with zero attached hydrogens (tertiary/aromatic N) is 2. The van der Waals surface area contributed by atoms with Crippen molar-refractivity contribution in [1.82, 2.24) is 9.80 Å². The topological polar surface area (TPSA) is 59.1 Å². The number of halogens is 1. The smallest absolute Gasteiger partial charge is 0.254 e. The molecule has 0 saturated carbocycles. The molecule has 1 aliphatic heterocycles. The highest BCUT2D eigenvalue weighted by atomic mass is 32.1. The van der Waals surface area contributed by atoms with Crippen molar-refractivity contribution < 1.29 is 23.5 Å². The standard InChI is InChI=1S/C26H27FN2O4S/c1-3-11-28(26(31)20-5-7-21(27)8-6-20)16-25(30)29(15-24-18(2)10-12-34-24)14-19-4-9-22-23(13-19)33-17-32-22/h4-10,12-13H,3,11,14-17H2,1-2H3. The molecule has 0 radical (unpaired) electrons. The van der Waals surface area contributed by atoms with E-state index in [2.05, 4.69) is 0 Å². The van der Waals surface area contributed by atoms with Gasteiger partial charge in [-0.05, 0) is 72.3 Å². The first-order valence-electron chi connectivity index (χ1n) is 11.2. The van der Waals surface area contributed by atoms with Crippen LogP contribution in [0.3, 0.4) is 0 Å². The van der Waals surface area contributed by atoms with Gasteiger partial charge < -0.3 is 19.3 Å². The molecule has 4 rings (SSSR count). The third kappa shape index (κ3) is 5.56. The Morgan fingerprint density at radius 3 is 2.47 bits per heavy atom. The van der Waals surface area contributed by atoms with Gasteiger partial charge in [0.05, 0.1) is 6.54 Å². The van der Waals surface area contributed by atoms with Crippen LogP contribution < -0.4 is 9.47 Å². The van der Waals surface area contributed by atoms with Crippen molar-refractivity contribution in [2.45, 2.75) is 33.4 Å². The number of fused-ring (bicyclic) bond motifs is 1. The van der Waals surface area contributed by atoms with Crippen LogP contribution in [0.15, 0.2) is 53.9 Å². The molecule has 0 aliphatic carbocycles. The number of ether oxygens (including phenoxy) is 2. The molecule has 0 fully saturated rings. The number of aryl methyl sites for hydroxylation is 1. The van der Waals surface area contributed by atoms with Crippen LogP contribution in [0.25, 0.3) is 0 Å². The summed E-state index contributed by atoms with van der Waals surface area (Å²) in [6.07, 6.45) is 0.701. The molecule has 0 atom stereocenters. The van der Waals surface area contributed by atoms with Crippen LogP contribution >= 0.6 is 11.3 Å². The number of rotatable bonds is 9. The molecule has 1 aliphatic rings. The van der Waals surface area contributed by atoms with Gasteiger partial charge in [-0.3, -0.25) is 9.59 Å². The average Bonchev–Trinajstić information content (AvgIpc) is 3.46. The van der Waals surface area contributed by atoms with Crippen LogP contribution in [0.4, 0.5) is 4.39 Å². The van der Waals surface area contributed by atoms with Gasteiger partial charge in [-0.2, -0.15) is 0 Å². The maximum atomic E-state index is 13.5. The Hall–Kier alpha value is -3.39. The minimum Gasteiger partial charge on any atom is -0.454 e. The molecule has 6 nitrogen and oxygen atoms in total. The van der Waals surface area contributed by atoms with Gasteiger partial charge in [0.25, 0.3) is 5.91 Å². The summed E-state index contributed by atoms with van der Waals surface area (Å²) >= 11 is 1.60. The maximum absolute atomic E-state index is 13.5. The van der Waals surface area contributed by atoms with E-state index in [1.807, 2.05) is 43.5 Å². The molecular formula is C26H27FN2O4S. The first kappa shape index (κ1) is 23.8. The van der Waals surface area contributed by atoms with Crippen molar-refractivity contribution in [1.29, 1.82) is 0 Å². The first-order valence-corrected chi connectivity index (χ1v) is 12.1. The summed E-state index contributed by atoms with van der Waals surface area (Å²) in [6.45, 7) is 5.36. The van der Waals surface area contributed by atoms with Crippen molar-refractivity contribution in [3.63, 3.8) is 0 Å². The molecule has 178 valence electrons. The molecule has 34 heavy (non-hydrogen) atoms. The van der Waals surface area contributed by atoms with Gasteiger partial charge in [-0.25, -0.2) is 4.39 Å². The predicted molar refractivity (Wildman–Crippen MR) is 128 cm³/mol. The molecule has 2 aromatic carbocycles. The van der Waals surface area contributed by atoms with E-state index in [9.17, 15) is 14.0 Å². The number of amides is 2. The Labute approximate surface area is 202 Å². The first-order chi connectivity index (χ1) is 16.4. The Bertz CT molecular complexity index is 1160. The normalized spacial score (nSPS) is 12.0. The van der Waals surface area contributed by atoms with Crippen LogP contribution in [0.2, 0.25) is 0 Å². The van der Waals surface area contributed by atoms with Gasteiger partial charge in [0.1, 0.15) is 12.4 Å². The molecule has 0 unspecified atom stereocenters. The fourth-order valence-electron chi connectivity index (χ4n) is 3.79. The predicted octanol–water partition coefficient (Wildman–Crippen LogP) is 5.01. The SMILES string of the molecule is CCCN(CC(=O)N(Cc1ccc2c(c1)OCO2)Cc1sccc1C)C(=O)c1ccc(F)cc1. The van der Waals surface area contributed by atoms with E-state index in [0.717, 1.165) is 16.0 Å². The van der Waals surface area contributed by atoms with Gasteiger partial charge in [0, 0.05) is 23.5 Å². The van der Waals surface area contributed by atoms with Crippen molar-refractivity contribution in [2.24, 2.45) is 0 Å². The van der Waals surface area contributed by atoms with Gasteiger partial charge in [-0.1, -0.05) is 13.0 Å². The lowest BCUT2D eigenvalue weighted by Gasteiger charge is -2.28. The van der Waals surface area contributed by atoms with Gasteiger partial charge in [0.2, 0.25) is 12.7 Å². The average molecular weight is 483 g/mol. The van der Waals surface area contributed by atoms with Crippen LogP contribution in [0.1, 0.15) is 39.7 Å². The van der Waals surface area contributed by atoms with E-state index >= 15 is 0 Å². The Morgan fingerprint density at radius 2 is 1.76 bits per heavy atom. The summed E-state index contributed by atoms with van der Waals surface area (Å²) in [5, 5.41) is 2.01. The lowest BCUT2D eigenvalue weighted by atomic mass is 10.1. The number of hydrogen-bond acceptors (Lipinski definition) is 5. The fraction of sp³-hybridized carbons (Fsp3) is 0.308. The maximum Gasteiger partial charge on any atom is 0.254 e. The highest BCUT2D eigenvalue weighted by Crippen LogP contribution is 2.33. The second-order valence-electron chi connectivity index (χ2n) is 8.20. The molecule has 0 N–H and O–H groups in total. The number of benzene rings is 2. The van der Waals surface area contributed by atoms with E-state index < -0.39 is 5.82 Å². The van der Waals surface area contributed by atoms with Crippen molar-refractivity contribution in [2.75, 3.05) is 19.9 Å². The minimum absolute atomic E-state index is 0.0565. The second-order valence-corrected chi connectivity index (χ2v) is 9.20. The quantitative estimate of drug-likeness (QED) is 0.430. The lowest BCUT2D eigenvalue weighted by molar-refractivity contribution is -0.133. The van der Waals surface area contributed by atoms with Crippen molar-refractivity contribution in [3.05, 3.63) is 81.3 Å². The third-order valence-corrected chi connectivity index (χ3v) is 6.67. The zero-order chi connectivity index (χ0) is 24.1. The molecule has 2 amide bonds. The summed E-state index contributed by atoms with van der Waals surface area (Å²) < 4.78 is 24.2. The van der Waals surface area contributed by atoms with Crippen LogP contribution in [-0.2, 0) is 17.9 Å². The number of thiophene rings is 1. The molecule has 2 heterocycles. The third-order valence-electron chi connectivity index (χ3n) is 5.66. The van der Waals surface area contributed by atoms with Gasteiger partial charge >= 0.3 is 0 Å². The largest absolute Gasteiger partial charge is 0.454 e. The molecular weight excluding hydrogens is 455 g/mol. The minimum atomic E-state index is -0.407. The summed E-state index contributed by atoms with van der Waals surface area (Å²) in [6, 6.07) is 13.1. The molecule has 0 spiro atoms. The summed E-state index contributed by atoms with van der Waals surface area (Å²) in [7, 11) is 0. The van der Waals surface area contributed by atoms with E-state index in [-0.39, 0.29) is 25.2 Å². The second kappa shape index (κ2) is 10.7. The zero-order valence-corrected chi connectivity index (χ0v) is 20.1. The Balaban J connectivity index is 1.54. The molecule has 1 aromatic heterocycles. The van der Waals surface area contributed by atoms with E-state index in [0.29, 0.717) is 43.1 Å². The monoisotopic (exact) mass is 482 g/mol. The van der Waals surface area contributed by atoms with Gasteiger partial charge in [-0.15, -0.1) is 11.3 Å². The van der Waals surface area contributed by atoms with Crippen LogP contribution in [0.5, 0.6) is 11.5 Å². The number of carbonyl (C=O) groups excluding carboxylic acids is 2. The zero-order valence-electron chi connectivity index (χ0n) is 19.3. The summed E-state index contributed by atoms with van der Waals surface area (Å²) in [5.74, 6) is 0.502. The Kier molecular flexibility index (Phi) is 7.47. The van der Waals surface area contributed by atoms with E-state index in [1.165, 1.54) is 29.2 Å². The highest BCUT2D eigenvalue weighted by molar-refractivity contribution is 7.10. The van der Waals surface area contributed by atoms with Gasteiger partial charge in [0.15, 0.2) is 11.5 Å². The van der Waals surface area contributed by atoms with Crippen molar-refractivity contribution in [3.8, 4) is 11.5 Å². The molecule has 8 heteroatoms. The lowest BCUT2D eigenvalue weighted by Crippen LogP contribution is -2.42. The summed E-state index contributed by atoms with van der Waals surface area (Å²) in [4.78, 5) is 31.0. The molecule has 3 aromatic rings. The van der Waals surface area contributed by atoms with Crippen LogP contribution in [0, 0.1) is 12.7 Å². The Morgan fingerprint density at radius 1 is 1.00 bits per heavy atom. The van der Waals surface area contributed by atoms with Crippen LogP contribution in [-0.4, -0.2) is 41.5 Å². The highest BCUT2D eigenvalue weighted by Gasteiger charge is 2.24. The summed E-state index contributed by atoms with van der Waals surface area (Å²) in [5.41, 5.74) is 2.40. The molecule has 0 bridgehead atoms.